The van der Waals surface area contributed by atoms with Crippen LogP contribution in [0.5, 0.6) is 0 Å². The SMILES string of the molecule is FC(F)(F)c1ccc(-c2cnc3nc4ccccc4n3c2)cc1. The molecule has 6 heteroatoms. The summed E-state index contributed by atoms with van der Waals surface area (Å²) in [6, 6.07) is 12.7. The van der Waals surface area contributed by atoms with Crippen molar-refractivity contribution in [3.63, 3.8) is 0 Å². The number of benzene rings is 2. The summed E-state index contributed by atoms with van der Waals surface area (Å²) < 4.78 is 39.8. The van der Waals surface area contributed by atoms with Crippen LogP contribution in [0, 0.1) is 0 Å². The molecule has 114 valence electrons. The molecule has 2 aromatic heterocycles. The summed E-state index contributed by atoms with van der Waals surface area (Å²) >= 11 is 0. The Morgan fingerprint density at radius 1 is 0.870 bits per heavy atom. The number of alkyl halides is 3. The number of nitrogens with zero attached hydrogens (tertiary/aromatic N) is 3. The highest BCUT2D eigenvalue weighted by Crippen LogP contribution is 2.31. The van der Waals surface area contributed by atoms with Crippen molar-refractivity contribution in [1.29, 1.82) is 0 Å². The van der Waals surface area contributed by atoms with Crippen LogP contribution in [0.1, 0.15) is 5.56 Å². The normalized spacial score (nSPS) is 12.1. The van der Waals surface area contributed by atoms with Crippen LogP contribution < -0.4 is 0 Å². The highest BCUT2D eigenvalue weighted by molar-refractivity contribution is 5.80. The first-order valence-corrected chi connectivity index (χ1v) is 6.93. The maximum Gasteiger partial charge on any atom is 0.416 e. The Hall–Kier alpha value is -2.89. The van der Waals surface area contributed by atoms with E-state index < -0.39 is 11.7 Å². The van der Waals surface area contributed by atoms with Gasteiger partial charge in [-0.3, -0.25) is 4.40 Å². The van der Waals surface area contributed by atoms with Crippen LogP contribution in [0.15, 0.2) is 60.9 Å². The third-order valence-electron chi connectivity index (χ3n) is 3.71. The van der Waals surface area contributed by atoms with Gasteiger partial charge in [0, 0.05) is 18.0 Å². The van der Waals surface area contributed by atoms with Gasteiger partial charge in [-0.1, -0.05) is 24.3 Å². The van der Waals surface area contributed by atoms with E-state index in [1.54, 1.807) is 6.20 Å². The van der Waals surface area contributed by atoms with Crippen molar-refractivity contribution in [2.45, 2.75) is 6.18 Å². The summed E-state index contributed by atoms with van der Waals surface area (Å²) in [6.07, 6.45) is -0.884. The summed E-state index contributed by atoms with van der Waals surface area (Å²) in [5.74, 6) is 0.557. The number of hydrogen-bond acceptors (Lipinski definition) is 2. The molecule has 0 spiro atoms. The average molecular weight is 313 g/mol. The number of aromatic nitrogens is 3. The van der Waals surface area contributed by atoms with Gasteiger partial charge in [0.15, 0.2) is 0 Å². The molecule has 0 amide bonds. The van der Waals surface area contributed by atoms with Crippen LogP contribution >= 0.6 is 0 Å². The van der Waals surface area contributed by atoms with Gasteiger partial charge in [-0.25, -0.2) is 9.97 Å². The minimum absolute atomic E-state index is 0.557. The van der Waals surface area contributed by atoms with Crippen molar-refractivity contribution in [1.82, 2.24) is 14.4 Å². The summed E-state index contributed by atoms with van der Waals surface area (Å²) in [7, 11) is 0. The molecule has 2 aromatic carbocycles. The molecule has 0 aliphatic heterocycles. The van der Waals surface area contributed by atoms with E-state index in [4.69, 9.17) is 0 Å². The van der Waals surface area contributed by atoms with Crippen LogP contribution in [0.25, 0.3) is 27.9 Å². The molecule has 0 N–H and O–H groups in total. The molecule has 4 rings (SSSR count). The minimum Gasteiger partial charge on any atom is -0.283 e. The zero-order valence-electron chi connectivity index (χ0n) is 11.7. The van der Waals surface area contributed by atoms with E-state index in [0.29, 0.717) is 11.3 Å². The zero-order chi connectivity index (χ0) is 16.0. The second-order valence-corrected chi connectivity index (χ2v) is 5.19. The van der Waals surface area contributed by atoms with E-state index >= 15 is 0 Å². The highest BCUT2D eigenvalue weighted by atomic mass is 19.4. The predicted octanol–water partition coefficient (Wildman–Crippen LogP) is 4.57. The second kappa shape index (κ2) is 4.81. The Kier molecular flexibility index (Phi) is 2.87. The van der Waals surface area contributed by atoms with Gasteiger partial charge in [0.2, 0.25) is 5.78 Å². The molecule has 4 aromatic rings. The van der Waals surface area contributed by atoms with Crippen molar-refractivity contribution in [2.24, 2.45) is 0 Å². The fraction of sp³-hybridized carbons (Fsp3) is 0.0588. The standard InChI is InChI=1S/C17H10F3N3/c18-17(19,20)13-7-5-11(6-8-13)12-9-21-16-22-14-3-1-2-4-15(14)23(16)10-12/h1-10H. The molecular formula is C17H10F3N3. The largest absolute Gasteiger partial charge is 0.416 e. The summed E-state index contributed by atoms with van der Waals surface area (Å²) in [5, 5.41) is 0. The van der Waals surface area contributed by atoms with E-state index in [1.807, 2.05) is 34.9 Å². The van der Waals surface area contributed by atoms with Gasteiger partial charge in [-0.05, 0) is 29.8 Å². The zero-order valence-corrected chi connectivity index (χ0v) is 11.7. The van der Waals surface area contributed by atoms with Crippen LogP contribution in [0.4, 0.5) is 13.2 Å². The van der Waals surface area contributed by atoms with Crippen molar-refractivity contribution < 1.29 is 13.2 Å². The molecule has 3 nitrogen and oxygen atoms in total. The summed E-state index contributed by atoms with van der Waals surface area (Å²) in [6.45, 7) is 0. The lowest BCUT2D eigenvalue weighted by Gasteiger charge is -2.08. The van der Waals surface area contributed by atoms with Gasteiger partial charge in [-0.15, -0.1) is 0 Å². The molecule has 0 radical (unpaired) electrons. The van der Waals surface area contributed by atoms with Gasteiger partial charge in [0.05, 0.1) is 16.6 Å². The first kappa shape index (κ1) is 13.8. The number of halogens is 3. The second-order valence-electron chi connectivity index (χ2n) is 5.19. The van der Waals surface area contributed by atoms with Crippen molar-refractivity contribution >= 4 is 16.8 Å². The van der Waals surface area contributed by atoms with Crippen molar-refractivity contribution in [3.05, 3.63) is 66.5 Å². The van der Waals surface area contributed by atoms with E-state index in [-0.39, 0.29) is 0 Å². The average Bonchev–Trinajstić information content (AvgIpc) is 2.92. The molecular weight excluding hydrogens is 303 g/mol. The third-order valence-corrected chi connectivity index (χ3v) is 3.71. The Morgan fingerprint density at radius 3 is 2.35 bits per heavy atom. The molecule has 0 aliphatic rings. The first-order valence-electron chi connectivity index (χ1n) is 6.93. The Morgan fingerprint density at radius 2 is 1.61 bits per heavy atom. The van der Waals surface area contributed by atoms with Crippen LogP contribution in [-0.2, 0) is 6.18 Å². The lowest BCUT2D eigenvalue weighted by atomic mass is 10.1. The van der Waals surface area contributed by atoms with Crippen molar-refractivity contribution in [3.8, 4) is 11.1 Å². The lowest BCUT2D eigenvalue weighted by Crippen LogP contribution is -2.04. The van der Waals surface area contributed by atoms with Crippen LogP contribution in [0.3, 0.4) is 0 Å². The topological polar surface area (TPSA) is 30.2 Å². The van der Waals surface area contributed by atoms with Crippen LogP contribution in [-0.4, -0.2) is 14.4 Å². The monoisotopic (exact) mass is 313 g/mol. The molecule has 0 saturated carbocycles. The van der Waals surface area contributed by atoms with E-state index in [1.165, 1.54) is 12.1 Å². The molecule has 0 unspecified atom stereocenters. The number of hydrogen-bond donors (Lipinski definition) is 0. The smallest absolute Gasteiger partial charge is 0.283 e. The molecule has 23 heavy (non-hydrogen) atoms. The molecule has 0 aliphatic carbocycles. The van der Waals surface area contributed by atoms with Crippen molar-refractivity contribution in [2.75, 3.05) is 0 Å². The van der Waals surface area contributed by atoms with Gasteiger partial charge in [-0.2, -0.15) is 13.2 Å². The lowest BCUT2D eigenvalue weighted by molar-refractivity contribution is -0.137. The fourth-order valence-corrected chi connectivity index (χ4v) is 2.55. The highest BCUT2D eigenvalue weighted by Gasteiger charge is 2.29. The van der Waals surface area contributed by atoms with Gasteiger partial charge in [0.25, 0.3) is 0 Å². The third kappa shape index (κ3) is 2.32. The quantitative estimate of drug-likeness (QED) is 0.515. The summed E-state index contributed by atoms with van der Waals surface area (Å²) in [5.41, 5.74) is 2.47. The Balaban J connectivity index is 1.84. The maximum atomic E-state index is 12.6. The summed E-state index contributed by atoms with van der Waals surface area (Å²) in [4.78, 5) is 8.70. The van der Waals surface area contributed by atoms with E-state index in [9.17, 15) is 13.2 Å². The number of para-hydroxylation sites is 2. The number of rotatable bonds is 1. The Bertz CT molecular complexity index is 1000. The predicted molar refractivity (Wildman–Crippen MR) is 80.9 cm³/mol. The molecule has 0 atom stereocenters. The van der Waals surface area contributed by atoms with Gasteiger partial charge in [0.1, 0.15) is 0 Å². The first-order chi connectivity index (χ1) is 11.0. The fourth-order valence-electron chi connectivity index (χ4n) is 2.55. The molecule has 0 bridgehead atoms. The van der Waals surface area contributed by atoms with E-state index in [0.717, 1.165) is 28.7 Å². The number of imidazole rings is 1. The minimum atomic E-state index is -4.33. The molecule has 0 fully saturated rings. The van der Waals surface area contributed by atoms with E-state index in [2.05, 4.69) is 9.97 Å². The Labute approximate surface area is 129 Å². The van der Waals surface area contributed by atoms with Crippen LogP contribution in [0.2, 0.25) is 0 Å². The van der Waals surface area contributed by atoms with Gasteiger partial charge < -0.3 is 0 Å². The molecule has 0 saturated heterocycles. The molecule has 2 heterocycles. The maximum absolute atomic E-state index is 12.6. The number of fused-ring (bicyclic) bond motifs is 3. The van der Waals surface area contributed by atoms with Gasteiger partial charge >= 0.3 is 6.18 Å².